The minimum atomic E-state index is -3.59. The SMILES string of the molecule is CNS(=O)(=O)c1cccc(C(=O)N[C@@H](c2ccc(C(C)C)cc2)C(C)C)c1. The third kappa shape index (κ3) is 5.17. The van der Waals surface area contributed by atoms with Crippen LogP contribution >= 0.6 is 0 Å². The second-order valence-electron chi connectivity index (χ2n) is 7.25. The molecule has 0 spiro atoms. The average molecular weight is 389 g/mol. The van der Waals surface area contributed by atoms with Crippen LogP contribution in [0.5, 0.6) is 0 Å². The smallest absolute Gasteiger partial charge is 0.251 e. The standard InChI is InChI=1S/C21H28N2O3S/c1-14(2)16-9-11-17(12-10-16)20(15(3)4)23-21(24)18-7-6-8-19(13-18)27(25,26)22-5/h6-15,20,22H,1-5H3,(H,23,24)/t20-/m1/s1. The van der Waals surface area contributed by atoms with Gasteiger partial charge in [-0.15, -0.1) is 0 Å². The van der Waals surface area contributed by atoms with Crippen molar-refractivity contribution in [2.45, 2.75) is 44.6 Å². The first kappa shape index (κ1) is 21.1. The van der Waals surface area contributed by atoms with E-state index in [4.69, 9.17) is 0 Å². The van der Waals surface area contributed by atoms with Crippen molar-refractivity contribution >= 4 is 15.9 Å². The van der Waals surface area contributed by atoms with Gasteiger partial charge in [0.2, 0.25) is 10.0 Å². The highest BCUT2D eigenvalue weighted by atomic mass is 32.2. The van der Waals surface area contributed by atoms with Crippen molar-refractivity contribution in [3.05, 3.63) is 65.2 Å². The Balaban J connectivity index is 2.26. The van der Waals surface area contributed by atoms with Crippen molar-refractivity contribution in [2.24, 2.45) is 5.92 Å². The monoisotopic (exact) mass is 388 g/mol. The van der Waals surface area contributed by atoms with Gasteiger partial charge in [-0.05, 0) is 48.2 Å². The summed E-state index contributed by atoms with van der Waals surface area (Å²) in [5.74, 6) is 0.334. The molecule has 1 amide bonds. The number of hydrogen-bond donors (Lipinski definition) is 2. The van der Waals surface area contributed by atoms with Gasteiger partial charge >= 0.3 is 0 Å². The summed E-state index contributed by atoms with van der Waals surface area (Å²) in [4.78, 5) is 12.8. The topological polar surface area (TPSA) is 75.3 Å². The number of sulfonamides is 1. The lowest BCUT2D eigenvalue weighted by molar-refractivity contribution is 0.0925. The highest BCUT2D eigenvalue weighted by molar-refractivity contribution is 7.89. The minimum absolute atomic E-state index is 0.0695. The van der Waals surface area contributed by atoms with Gasteiger partial charge in [0.1, 0.15) is 0 Å². The van der Waals surface area contributed by atoms with Crippen molar-refractivity contribution in [3.63, 3.8) is 0 Å². The molecule has 27 heavy (non-hydrogen) atoms. The summed E-state index contributed by atoms with van der Waals surface area (Å²) in [6.07, 6.45) is 0. The first-order valence-electron chi connectivity index (χ1n) is 9.10. The molecule has 2 aromatic carbocycles. The van der Waals surface area contributed by atoms with Crippen molar-refractivity contribution in [1.29, 1.82) is 0 Å². The van der Waals surface area contributed by atoms with Crippen molar-refractivity contribution < 1.29 is 13.2 Å². The van der Waals surface area contributed by atoms with E-state index in [1.165, 1.54) is 24.7 Å². The molecule has 5 nitrogen and oxygen atoms in total. The van der Waals surface area contributed by atoms with Gasteiger partial charge in [-0.1, -0.05) is 58.0 Å². The fourth-order valence-electron chi connectivity index (χ4n) is 2.87. The largest absolute Gasteiger partial charge is 0.345 e. The van der Waals surface area contributed by atoms with Crippen LogP contribution in [0.4, 0.5) is 0 Å². The summed E-state index contributed by atoms with van der Waals surface area (Å²) in [6, 6.07) is 14.1. The Morgan fingerprint density at radius 3 is 2.04 bits per heavy atom. The van der Waals surface area contributed by atoms with E-state index in [0.717, 1.165) is 5.56 Å². The number of hydrogen-bond acceptors (Lipinski definition) is 3. The third-order valence-electron chi connectivity index (χ3n) is 4.59. The highest BCUT2D eigenvalue weighted by Gasteiger charge is 2.21. The fourth-order valence-corrected chi connectivity index (χ4v) is 3.65. The lowest BCUT2D eigenvalue weighted by Crippen LogP contribution is -2.32. The van der Waals surface area contributed by atoms with Crippen molar-refractivity contribution in [2.75, 3.05) is 7.05 Å². The normalized spacial score (nSPS) is 13.0. The third-order valence-corrected chi connectivity index (χ3v) is 6.00. The molecule has 0 aliphatic heterocycles. The van der Waals surface area contributed by atoms with Crippen LogP contribution in [-0.2, 0) is 10.0 Å². The molecule has 0 radical (unpaired) electrons. The maximum atomic E-state index is 12.7. The van der Waals surface area contributed by atoms with E-state index in [1.54, 1.807) is 12.1 Å². The summed E-state index contributed by atoms with van der Waals surface area (Å²) in [5, 5.41) is 3.04. The molecule has 146 valence electrons. The molecule has 2 rings (SSSR count). The Hall–Kier alpha value is -2.18. The molecule has 0 saturated heterocycles. The zero-order valence-corrected chi connectivity index (χ0v) is 17.3. The zero-order valence-electron chi connectivity index (χ0n) is 16.5. The first-order valence-corrected chi connectivity index (χ1v) is 10.6. The molecule has 0 aliphatic rings. The predicted octanol–water partition coefficient (Wildman–Crippen LogP) is 3.85. The summed E-state index contributed by atoms with van der Waals surface area (Å²) >= 11 is 0. The number of carbonyl (C=O) groups excluding carboxylic acids is 1. The Bertz CT molecular complexity index is 888. The van der Waals surface area contributed by atoms with Gasteiger partial charge in [-0.3, -0.25) is 4.79 Å². The first-order chi connectivity index (χ1) is 12.7. The number of nitrogens with one attached hydrogen (secondary N) is 2. The van der Waals surface area contributed by atoms with Gasteiger partial charge in [0.25, 0.3) is 5.91 Å². The van der Waals surface area contributed by atoms with E-state index >= 15 is 0 Å². The zero-order chi connectivity index (χ0) is 20.2. The Morgan fingerprint density at radius 1 is 0.926 bits per heavy atom. The maximum Gasteiger partial charge on any atom is 0.251 e. The number of benzene rings is 2. The molecule has 0 heterocycles. The summed E-state index contributed by atoms with van der Waals surface area (Å²) in [6.45, 7) is 8.37. The second kappa shape index (κ2) is 8.67. The van der Waals surface area contributed by atoms with Crippen LogP contribution in [0.15, 0.2) is 53.4 Å². The molecular formula is C21H28N2O3S. The number of rotatable bonds is 7. The lowest BCUT2D eigenvalue weighted by Gasteiger charge is -2.23. The molecular weight excluding hydrogens is 360 g/mol. The van der Waals surface area contributed by atoms with Crippen LogP contribution in [-0.4, -0.2) is 21.4 Å². The minimum Gasteiger partial charge on any atom is -0.345 e. The van der Waals surface area contributed by atoms with Crippen LogP contribution in [0.3, 0.4) is 0 Å². The number of carbonyl (C=O) groups is 1. The Labute approximate surface area is 162 Å². The molecule has 2 aromatic rings. The van der Waals surface area contributed by atoms with Crippen molar-refractivity contribution in [1.82, 2.24) is 10.0 Å². The molecule has 2 N–H and O–H groups in total. The molecule has 0 unspecified atom stereocenters. The summed E-state index contributed by atoms with van der Waals surface area (Å²) in [5.41, 5.74) is 2.59. The maximum absolute atomic E-state index is 12.7. The molecule has 0 aliphatic carbocycles. The summed E-state index contributed by atoms with van der Waals surface area (Å²) in [7, 11) is -2.25. The Kier molecular flexibility index (Phi) is 6.78. The van der Waals surface area contributed by atoms with Crippen LogP contribution in [0.1, 0.15) is 61.1 Å². The fraction of sp³-hybridized carbons (Fsp3) is 0.381. The van der Waals surface area contributed by atoms with Gasteiger partial charge in [-0.25, -0.2) is 13.1 Å². The lowest BCUT2D eigenvalue weighted by atomic mass is 9.93. The Morgan fingerprint density at radius 2 is 1.52 bits per heavy atom. The van der Waals surface area contributed by atoms with E-state index in [9.17, 15) is 13.2 Å². The van der Waals surface area contributed by atoms with E-state index in [0.29, 0.717) is 11.5 Å². The molecule has 0 fully saturated rings. The van der Waals surface area contributed by atoms with Crippen LogP contribution in [0.25, 0.3) is 0 Å². The predicted molar refractivity (Wildman–Crippen MR) is 108 cm³/mol. The van der Waals surface area contributed by atoms with Crippen LogP contribution in [0, 0.1) is 5.92 Å². The highest BCUT2D eigenvalue weighted by Crippen LogP contribution is 2.25. The van der Waals surface area contributed by atoms with E-state index in [-0.39, 0.29) is 22.8 Å². The van der Waals surface area contributed by atoms with E-state index < -0.39 is 10.0 Å². The molecule has 6 heteroatoms. The van der Waals surface area contributed by atoms with Gasteiger partial charge in [-0.2, -0.15) is 0 Å². The molecule has 0 saturated carbocycles. The average Bonchev–Trinajstić information content (AvgIpc) is 2.65. The van der Waals surface area contributed by atoms with E-state index in [2.05, 4.69) is 36.0 Å². The molecule has 0 bridgehead atoms. The van der Waals surface area contributed by atoms with Crippen LogP contribution < -0.4 is 10.0 Å². The van der Waals surface area contributed by atoms with Gasteiger partial charge < -0.3 is 5.32 Å². The van der Waals surface area contributed by atoms with Crippen molar-refractivity contribution in [3.8, 4) is 0 Å². The summed E-state index contributed by atoms with van der Waals surface area (Å²) < 4.78 is 26.2. The van der Waals surface area contributed by atoms with Gasteiger partial charge in [0.05, 0.1) is 10.9 Å². The molecule has 1 atom stereocenters. The molecule has 0 aromatic heterocycles. The van der Waals surface area contributed by atoms with E-state index in [1.807, 2.05) is 26.0 Å². The number of amides is 1. The quantitative estimate of drug-likeness (QED) is 0.757. The second-order valence-corrected chi connectivity index (χ2v) is 9.14. The van der Waals surface area contributed by atoms with Gasteiger partial charge in [0.15, 0.2) is 0 Å². The van der Waals surface area contributed by atoms with Gasteiger partial charge in [0, 0.05) is 5.56 Å². The van der Waals surface area contributed by atoms with Crippen LogP contribution in [0.2, 0.25) is 0 Å².